The van der Waals surface area contributed by atoms with Gasteiger partial charge < -0.3 is 10.1 Å². The number of halogens is 1. The van der Waals surface area contributed by atoms with Gasteiger partial charge in [-0.15, -0.1) is 11.3 Å². The van der Waals surface area contributed by atoms with Crippen molar-refractivity contribution < 1.29 is 4.74 Å². The van der Waals surface area contributed by atoms with Crippen LogP contribution in [-0.2, 0) is 12.8 Å². The van der Waals surface area contributed by atoms with Crippen LogP contribution in [0.3, 0.4) is 0 Å². The van der Waals surface area contributed by atoms with Gasteiger partial charge in [-0.05, 0) is 36.7 Å². The molecule has 0 fully saturated rings. The zero-order valence-electron chi connectivity index (χ0n) is 12.1. The van der Waals surface area contributed by atoms with Crippen molar-refractivity contribution in [3.05, 3.63) is 51.2 Å². The normalized spacial score (nSPS) is 18.3. The maximum Gasteiger partial charge on any atom is 0.123 e. The van der Waals surface area contributed by atoms with E-state index in [0.717, 1.165) is 35.9 Å². The van der Waals surface area contributed by atoms with Crippen LogP contribution in [-0.4, -0.2) is 18.7 Å². The lowest BCUT2D eigenvalue weighted by molar-refractivity contribution is 0.177. The van der Waals surface area contributed by atoms with Crippen molar-refractivity contribution >= 4 is 22.9 Å². The number of hydrogen-bond donors (Lipinski definition) is 1. The van der Waals surface area contributed by atoms with Crippen LogP contribution in [0.25, 0.3) is 0 Å². The minimum absolute atomic E-state index is 0.204. The van der Waals surface area contributed by atoms with E-state index < -0.39 is 0 Å². The fourth-order valence-electron chi connectivity index (χ4n) is 2.78. The summed E-state index contributed by atoms with van der Waals surface area (Å²) in [5.41, 5.74) is 1.31. The number of ether oxygens (including phenoxy) is 1. The highest BCUT2D eigenvalue weighted by Gasteiger charge is 2.30. The predicted octanol–water partition coefficient (Wildman–Crippen LogP) is 4.32. The summed E-state index contributed by atoms with van der Waals surface area (Å²) in [5.74, 6) is 1.04. The molecule has 1 aliphatic rings. The Hall–Kier alpha value is -1.03. The standard InChI is InChI=1S/C17H20ClNOS/c1-2-9-19-14(11-13-7-8-17(18)21-13)16-10-12-5-3-4-6-15(12)20-16/h3-8,14,16,19H,2,9-11H2,1H3. The number of rotatable bonds is 6. The summed E-state index contributed by atoms with van der Waals surface area (Å²) in [6.07, 6.45) is 3.28. The molecule has 21 heavy (non-hydrogen) atoms. The van der Waals surface area contributed by atoms with Gasteiger partial charge in [0, 0.05) is 23.8 Å². The van der Waals surface area contributed by atoms with Crippen LogP contribution in [0.15, 0.2) is 36.4 Å². The van der Waals surface area contributed by atoms with E-state index in [2.05, 4.69) is 36.5 Å². The Morgan fingerprint density at radius 2 is 2.19 bits per heavy atom. The topological polar surface area (TPSA) is 21.3 Å². The predicted molar refractivity (Wildman–Crippen MR) is 89.7 cm³/mol. The summed E-state index contributed by atoms with van der Waals surface area (Å²) < 4.78 is 7.01. The third-order valence-corrected chi connectivity index (χ3v) is 5.08. The van der Waals surface area contributed by atoms with E-state index in [0.29, 0.717) is 6.04 Å². The maximum atomic E-state index is 6.15. The molecule has 1 aliphatic heterocycles. The van der Waals surface area contributed by atoms with Gasteiger partial charge in [-0.2, -0.15) is 0 Å². The summed E-state index contributed by atoms with van der Waals surface area (Å²) >= 11 is 7.71. The van der Waals surface area contributed by atoms with Crippen LogP contribution in [0, 0.1) is 0 Å². The van der Waals surface area contributed by atoms with Crippen LogP contribution >= 0.6 is 22.9 Å². The summed E-state index contributed by atoms with van der Waals surface area (Å²) in [7, 11) is 0. The van der Waals surface area contributed by atoms with Gasteiger partial charge in [-0.3, -0.25) is 0 Å². The molecule has 2 unspecified atom stereocenters. The molecule has 0 saturated heterocycles. The molecule has 1 aromatic heterocycles. The summed E-state index contributed by atoms with van der Waals surface area (Å²) in [4.78, 5) is 1.31. The number of hydrogen-bond acceptors (Lipinski definition) is 3. The van der Waals surface area contributed by atoms with Gasteiger partial charge in [0.25, 0.3) is 0 Å². The highest BCUT2D eigenvalue weighted by molar-refractivity contribution is 7.16. The Bertz CT molecular complexity index is 573. The number of thiophene rings is 1. The van der Waals surface area contributed by atoms with Crippen molar-refractivity contribution in [1.82, 2.24) is 5.32 Å². The van der Waals surface area contributed by atoms with Crippen LogP contribution < -0.4 is 10.1 Å². The van der Waals surface area contributed by atoms with Crippen LogP contribution in [0.2, 0.25) is 4.34 Å². The lowest BCUT2D eigenvalue weighted by atomic mass is 10.0. The average molecular weight is 322 g/mol. The minimum Gasteiger partial charge on any atom is -0.488 e. The number of benzene rings is 1. The second-order valence-corrected chi connectivity index (χ2v) is 7.24. The van der Waals surface area contributed by atoms with Crippen molar-refractivity contribution in [2.75, 3.05) is 6.54 Å². The van der Waals surface area contributed by atoms with E-state index in [1.54, 1.807) is 11.3 Å². The molecule has 0 amide bonds. The number of fused-ring (bicyclic) bond motifs is 1. The monoisotopic (exact) mass is 321 g/mol. The van der Waals surface area contributed by atoms with Crippen LogP contribution in [0.5, 0.6) is 5.75 Å². The smallest absolute Gasteiger partial charge is 0.123 e. The zero-order valence-corrected chi connectivity index (χ0v) is 13.7. The molecule has 0 bridgehead atoms. The lowest BCUT2D eigenvalue weighted by Crippen LogP contribution is -2.44. The van der Waals surface area contributed by atoms with Gasteiger partial charge >= 0.3 is 0 Å². The van der Waals surface area contributed by atoms with E-state index in [9.17, 15) is 0 Å². The zero-order chi connectivity index (χ0) is 14.7. The molecule has 3 rings (SSSR count). The van der Waals surface area contributed by atoms with Gasteiger partial charge in [-0.1, -0.05) is 36.7 Å². The van der Waals surface area contributed by atoms with E-state index in [1.807, 2.05) is 12.1 Å². The lowest BCUT2D eigenvalue weighted by Gasteiger charge is -2.24. The molecule has 0 saturated carbocycles. The Kier molecular flexibility index (Phi) is 4.84. The first kappa shape index (κ1) is 14.9. The molecule has 112 valence electrons. The van der Waals surface area contributed by atoms with Gasteiger partial charge in [0.05, 0.1) is 4.34 Å². The molecule has 2 nitrogen and oxygen atoms in total. The van der Waals surface area contributed by atoms with E-state index in [-0.39, 0.29) is 6.10 Å². The first-order valence-electron chi connectivity index (χ1n) is 7.48. The van der Waals surface area contributed by atoms with Crippen molar-refractivity contribution in [3.63, 3.8) is 0 Å². The third-order valence-electron chi connectivity index (χ3n) is 3.83. The first-order valence-corrected chi connectivity index (χ1v) is 8.68. The molecule has 0 spiro atoms. The highest BCUT2D eigenvalue weighted by atomic mass is 35.5. The summed E-state index contributed by atoms with van der Waals surface area (Å²) in [6.45, 7) is 3.20. The Morgan fingerprint density at radius 3 is 2.90 bits per heavy atom. The Balaban J connectivity index is 1.71. The second kappa shape index (κ2) is 6.82. The quantitative estimate of drug-likeness (QED) is 0.855. The molecule has 2 atom stereocenters. The van der Waals surface area contributed by atoms with Crippen molar-refractivity contribution in [2.24, 2.45) is 0 Å². The van der Waals surface area contributed by atoms with Gasteiger partial charge in [0.15, 0.2) is 0 Å². The summed E-state index contributed by atoms with van der Waals surface area (Å²) in [5, 5.41) is 3.64. The number of nitrogens with one attached hydrogen (secondary N) is 1. The van der Waals surface area contributed by atoms with Crippen molar-refractivity contribution in [1.29, 1.82) is 0 Å². The average Bonchev–Trinajstić information content (AvgIpc) is 3.09. The fraction of sp³-hybridized carbons (Fsp3) is 0.412. The van der Waals surface area contributed by atoms with Crippen molar-refractivity contribution in [2.45, 2.75) is 38.3 Å². The van der Waals surface area contributed by atoms with E-state index >= 15 is 0 Å². The Labute approximate surface area is 135 Å². The third kappa shape index (κ3) is 3.60. The van der Waals surface area contributed by atoms with Crippen LogP contribution in [0.1, 0.15) is 23.8 Å². The second-order valence-electron chi connectivity index (χ2n) is 5.44. The molecule has 1 aromatic carbocycles. The molecular formula is C17H20ClNOS. The molecule has 0 aliphatic carbocycles. The molecule has 2 aromatic rings. The van der Waals surface area contributed by atoms with Crippen molar-refractivity contribution in [3.8, 4) is 5.75 Å². The Morgan fingerprint density at radius 1 is 1.33 bits per heavy atom. The SMILES string of the molecule is CCCNC(Cc1ccc(Cl)s1)C1Cc2ccccc2O1. The molecule has 4 heteroatoms. The molecular weight excluding hydrogens is 302 g/mol. The number of para-hydroxylation sites is 1. The van der Waals surface area contributed by atoms with E-state index in [4.69, 9.17) is 16.3 Å². The van der Waals surface area contributed by atoms with Gasteiger partial charge in [0.2, 0.25) is 0 Å². The van der Waals surface area contributed by atoms with E-state index in [1.165, 1.54) is 10.4 Å². The summed E-state index contributed by atoms with van der Waals surface area (Å²) in [6, 6.07) is 12.8. The largest absolute Gasteiger partial charge is 0.488 e. The molecule has 1 N–H and O–H groups in total. The molecule has 0 radical (unpaired) electrons. The first-order chi connectivity index (χ1) is 10.3. The van der Waals surface area contributed by atoms with Gasteiger partial charge in [-0.25, -0.2) is 0 Å². The highest BCUT2D eigenvalue weighted by Crippen LogP contribution is 2.31. The molecule has 2 heterocycles. The minimum atomic E-state index is 0.204. The maximum absolute atomic E-state index is 6.15. The van der Waals surface area contributed by atoms with Crippen LogP contribution in [0.4, 0.5) is 0 Å². The van der Waals surface area contributed by atoms with Gasteiger partial charge in [0.1, 0.15) is 11.9 Å². The fourth-order valence-corrected chi connectivity index (χ4v) is 3.92.